The van der Waals surface area contributed by atoms with Gasteiger partial charge in [-0.1, -0.05) is 6.07 Å². The predicted octanol–water partition coefficient (Wildman–Crippen LogP) is -1.34. The van der Waals surface area contributed by atoms with Crippen LogP contribution in [0.3, 0.4) is 0 Å². The minimum absolute atomic E-state index is 0.0470. The minimum atomic E-state index is -1.33. The van der Waals surface area contributed by atoms with E-state index in [2.05, 4.69) is 0 Å². The molecule has 3 rings (SSSR count). The van der Waals surface area contributed by atoms with E-state index in [0.717, 1.165) is 0 Å². The van der Waals surface area contributed by atoms with E-state index in [4.69, 9.17) is 18.9 Å². The van der Waals surface area contributed by atoms with Crippen LogP contribution >= 0.6 is 0 Å². The van der Waals surface area contributed by atoms with E-state index in [1.54, 1.807) is 12.1 Å². The molecule has 0 saturated carbocycles. The van der Waals surface area contributed by atoms with Crippen LogP contribution in [0.25, 0.3) is 0 Å². The Labute approximate surface area is 143 Å². The van der Waals surface area contributed by atoms with Gasteiger partial charge < -0.3 is 44.5 Å². The first-order valence-electron chi connectivity index (χ1n) is 7.91. The largest absolute Gasteiger partial charge is 0.504 e. The van der Waals surface area contributed by atoms with Gasteiger partial charge in [0.1, 0.15) is 36.6 Å². The van der Waals surface area contributed by atoms with Gasteiger partial charge in [-0.05, 0) is 17.7 Å². The van der Waals surface area contributed by atoms with Crippen LogP contribution in [0.15, 0.2) is 18.2 Å². The third-order valence-electron chi connectivity index (χ3n) is 4.49. The van der Waals surface area contributed by atoms with Gasteiger partial charge in [0.25, 0.3) is 0 Å². The third kappa shape index (κ3) is 3.32. The lowest BCUT2D eigenvalue weighted by molar-refractivity contribution is -0.371. The van der Waals surface area contributed by atoms with Gasteiger partial charge in [0, 0.05) is 0 Å². The highest BCUT2D eigenvalue weighted by Gasteiger charge is 2.51. The quantitative estimate of drug-likeness (QED) is 0.442. The van der Waals surface area contributed by atoms with Crippen LogP contribution < -0.4 is 4.74 Å². The summed E-state index contributed by atoms with van der Waals surface area (Å²) in [6, 6.07) is 4.56. The zero-order valence-electron chi connectivity index (χ0n) is 13.6. The molecule has 2 aliphatic heterocycles. The van der Waals surface area contributed by atoms with Crippen molar-refractivity contribution in [3.05, 3.63) is 23.8 Å². The van der Waals surface area contributed by atoms with E-state index in [-0.39, 0.29) is 11.5 Å². The first-order valence-corrected chi connectivity index (χ1v) is 7.91. The van der Waals surface area contributed by atoms with Crippen molar-refractivity contribution in [3.63, 3.8) is 0 Å². The number of hydrogen-bond donors (Lipinski definition) is 5. The number of aromatic hydroxyl groups is 1. The lowest BCUT2D eigenvalue weighted by Crippen LogP contribution is -2.63. The van der Waals surface area contributed by atoms with Crippen LogP contribution in [0.2, 0.25) is 0 Å². The second-order valence-electron chi connectivity index (χ2n) is 6.02. The number of methoxy groups -OCH3 is 1. The number of rotatable bonds is 4. The molecule has 0 radical (unpaired) electrons. The fourth-order valence-electron chi connectivity index (χ4n) is 3.12. The van der Waals surface area contributed by atoms with E-state index >= 15 is 0 Å². The predicted molar refractivity (Wildman–Crippen MR) is 82.0 cm³/mol. The topological polar surface area (TPSA) is 138 Å². The zero-order chi connectivity index (χ0) is 18.1. The molecule has 25 heavy (non-hydrogen) atoms. The molecule has 140 valence electrons. The normalized spacial score (nSPS) is 38.2. The van der Waals surface area contributed by atoms with E-state index < -0.39 is 56.1 Å². The number of fused-ring (bicyclic) bond motifs is 1. The Kier molecular flexibility index (Phi) is 5.44. The van der Waals surface area contributed by atoms with Gasteiger partial charge in [0.2, 0.25) is 0 Å². The summed E-state index contributed by atoms with van der Waals surface area (Å²) in [5, 5.41) is 48.7. The summed E-state index contributed by atoms with van der Waals surface area (Å²) in [5.74, 6) is 0.183. The fourth-order valence-corrected chi connectivity index (χ4v) is 3.12. The molecule has 2 aliphatic rings. The Balaban J connectivity index is 1.86. The summed E-state index contributed by atoms with van der Waals surface area (Å²) in [7, 11) is 1.41. The van der Waals surface area contributed by atoms with Crippen molar-refractivity contribution in [2.24, 2.45) is 0 Å². The summed E-state index contributed by atoms with van der Waals surface area (Å²) < 4.78 is 22.1. The summed E-state index contributed by atoms with van der Waals surface area (Å²) >= 11 is 0. The highest BCUT2D eigenvalue weighted by Crippen LogP contribution is 2.39. The van der Waals surface area contributed by atoms with Gasteiger partial charge in [0.15, 0.2) is 17.8 Å². The minimum Gasteiger partial charge on any atom is -0.504 e. The maximum Gasteiger partial charge on any atom is 0.187 e. The smallest absolute Gasteiger partial charge is 0.187 e. The highest BCUT2D eigenvalue weighted by atomic mass is 16.7. The molecule has 0 spiro atoms. The van der Waals surface area contributed by atoms with Gasteiger partial charge in [0.05, 0.1) is 20.3 Å². The average Bonchev–Trinajstić information content (AvgIpc) is 2.64. The molecule has 0 unspecified atom stereocenters. The molecule has 2 saturated heterocycles. The van der Waals surface area contributed by atoms with Crippen molar-refractivity contribution in [2.45, 2.75) is 42.9 Å². The van der Waals surface area contributed by atoms with Crippen LogP contribution in [-0.2, 0) is 14.2 Å². The molecule has 0 amide bonds. The Hall–Kier alpha value is -1.46. The number of phenols is 1. The van der Waals surface area contributed by atoms with Gasteiger partial charge in [-0.25, -0.2) is 0 Å². The second kappa shape index (κ2) is 7.42. The van der Waals surface area contributed by atoms with Gasteiger partial charge in [-0.3, -0.25) is 0 Å². The van der Waals surface area contributed by atoms with Crippen molar-refractivity contribution >= 4 is 0 Å². The Morgan fingerprint density at radius 2 is 1.72 bits per heavy atom. The summed E-state index contributed by atoms with van der Waals surface area (Å²) in [6.07, 6.45) is -7.32. The molecular formula is C16H22O9. The summed E-state index contributed by atoms with van der Waals surface area (Å²) in [5.41, 5.74) is 0.567. The van der Waals surface area contributed by atoms with Gasteiger partial charge in [-0.15, -0.1) is 0 Å². The number of aliphatic hydroxyl groups is 4. The van der Waals surface area contributed by atoms with Crippen molar-refractivity contribution in [2.75, 3.05) is 20.3 Å². The molecule has 2 fully saturated rings. The van der Waals surface area contributed by atoms with E-state index in [0.29, 0.717) is 5.56 Å². The maximum atomic E-state index is 10.2. The number of ether oxygens (including phenoxy) is 4. The van der Waals surface area contributed by atoms with Crippen molar-refractivity contribution in [1.29, 1.82) is 0 Å². The van der Waals surface area contributed by atoms with E-state index in [1.807, 2.05) is 0 Å². The fraction of sp³-hybridized carbons (Fsp3) is 0.625. The van der Waals surface area contributed by atoms with Crippen LogP contribution in [0.5, 0.6) is 11.5 Å². The highest BCUT2D eigenvalue weighted by molar-refractivity contribution is 5.42. The van der Waals surface area contributed by atoms with E-state index in [1.165, 1.54) is 13.2 Å². The van der Waals surface area contributed by atoms with Crippen molar-refractivity contribution < 1.29 is 44.5 Å². The lowest BCUT2D eigenvalue weighted by Gasteiger charge is -2.48. The Morgan fingerprint density at radius 1 is 1.00 bits per heavy atom. The molecule has 5 N–H and O–H groups in total. The van der Waals surface area contributed by atoms with Crippen molar-refractivity contribution in [1.82, 2.24) is 0 Å². The number of aliphatic hydroxyl groups excluding tert-OH is 4. The monoisotopic (exact) mass is 358 g/mol. The standard InChI is InChI=1S/C16H22O9/c1-22-9-4-7(2-3-8(9)19)14-11(6-18)23-15-13(21)12(20)10(5-17)24-16(15)25-14/h2-4,10-21H,5-6H2,1H3/t10-,11+,12-,13+,14+,15-,16+/m1/s1. The van der Waals surface area contributed by atoms with Crippen LogP contribution in [0.4, 0.5) is 0 Å². The molecule has 0 bridgehead atoms. The zero-order valence-corrected chi connectivity index (χ0v) is 13.6. The number of benzene rings is 1. The molecule has 9 nitrogen and oxygen atoms in total. The summed E-state index contributed by atoms with van der Waals surface area (Å²) in [4.78, 5) is 0. The molecule has 1 aromatic carbocycles. The third-order valence-corrected chi connectivity index (χ3v) is 4.49. The Morgan fingerprint density at radius 3 is 2.36 bits per heavy atom. The molecule has 1 aromatic rings. The Bertz CT molecular complexity index is 595. The number of phenolic OH excluding ortho intramolecular Hbond substituents is 1. The van der Waals surface area contributed by atoms with Crippen LogP contribution in [0, 0.1) is 0 Å². The molecule has 7 atom stereocenters. The molecular weight excluding hydrogens is 336 g/mol. The first-order chi connectivity index (χ1) is 12.0. The lowest BCUT2D eigenvalue weighted by atomic mass is 9.96. The van der Waals surface area contributed by atoms with Crippen LogP contribution in [-0.4, -0.2) is 82.7 Å². The SMILES string of the molecule is COc1cc([C@@H]2O[C@@H]3O[C@H](CO)[C@@H](O)[C@H](O)[C@H]3O[C@H]2CO)ccc1O. The molecule has 0 aliphatic carbocycles. The maximum absolute atomic E-state index is 10.2. The van der Waals surface area contributed by atoms with Gasteiger partial charge in [-0.2, -0.15) is 0 Å². The van der Waals surface area contributed by atoms with E-state index in [9.17, 15) is 25.5 Å². The number of hydrogen-bond acceptors (Lipinski definition) is 9. The van der Waals surface area contributed by atoms with Gasteiger partial charge >= 0.3 is 0 Å². The molecule has 2 heterocycles. The first kappa shape index (κ1) is 18.3. The molecule has 0 aromatic heterocycles. The van der Waals surface area contributed by atoms with Crippen LogP contribution in [0.1, 0.15) is 11.7 Å². The van der Waals surface area contributed by atoms with Crippen molar-refractivity contribution in [3.8, 4) is 11.5 Å². The molecule has 9 heteroatoms. The summed E-state index contributed by atoms with van der Waals surface area (Å²) in [6.45, 7) is -0.894. The average molecular weight is 358 g/mol. The second-order valence-corrected chi connectivity index (χ2v) is 6.02.